The first-order valence-corrected chi connectivity index (χ1v) is 16.0. The molecular weight excluding hydrogens is 566 g/mol. The lowest BCUT2D eigenvalue weighted by atomic mass is 10.1. The number of amides is 2. The Bertz CT molecular complexity index is 1480. The van der Waals surface area contributed by atoms with E-state index >= 15 is 0 Å². The van der Waals surface area contributed by atoms with E-state index in [9.17, 15) is 18.0 Å². The fourth-order valence-corrected chi connectivity index (χ4v) is 6.04. The molecule has 0 radical (unpaired) electrons. The minimum atomic E-state index is -4.21. The van der Waals surface area contributed by atoms with Crippen LogP contribution < -0.4 is 19.1 Å². The monoisotopic (exact) mass is 609 g/mol. The Morgan fingerprint density at radius 2 is 1.63 bits per heavy atom. The minimum absolute atomic E-state index is 0.0399. The number of hydrogen-bond donors (Lipinski definition) is 1. The number of aryl methyl sites for hydroxylation is 1. The Balaban J connectivity index is 2.12. The summed E-state index contributed by atoms with van der Waals surface area (Å²) < 4.78 is 40.6. The zero-order valence-electron chi connectivity index (χ0n) is 25.9. The molecule has 0 saturated heterocycles. The van der Waals surface area contributed by atoms with E-state index in [1.807, 2.05) is 39.8 Å². The first kappa shape index (κ1) is 33.5. The van der Waals surface area contributed by atoms with Crippen LogP contribution in [0.5, 0.6) is 11.5 Å². The van der Waals surface area contributed by atoms with E-state index in [2.05, 4.69) is 5.32 Å². The summed E-state index contributed by atoms with van der Waals surface area (Å²) in [5.41, 5.74) is 1.88. The zero-order valence-corrected chi connectivity index (χ0v) is 26.7. The maximum atomic E-state index is 14.3. The smallest absolute Gasteiger partial charge is 0.264 e. The van der Waals surface area contributed by atoms with Crippen molar-refractivity contribution in [3.8, 4) is 11.5 Å². The molecule has 43 heavy (non-hydrogen) atoms. The van der Waals surface area contributed by atoms with Gasteiger partial charge >= 0.3 is 0 Å². The minimum Gasteiger partial charge on any atom is -0.497 e. The molecule has 0 aromatic heterocycles. The number of nitrogens with zero attached hydrogens (tertiary/aromatic N) is 2. The maximum Gasteiger partial charge on any atom is 0.264 e. The Kier molecular flexibility index (Phi) is 12.0. The molecule has 1 N–H and O–H groups in total. The molecule has 0 aliphatic heterocycles. The number of benzene rings is 3. The van der Waals surface area contributed by atoms with Crippen LogP contribution in [-0.2, 0) is 26.2 Å². The zero-order chi connectivity index (χ0) is 31.6. The van der Waals surface area contributed by atoms with Crippen LogP contribution >= 0.6 is 0 Å². The predicted octanol–water partition coefficient (Wildman–Crippen LogP) is 5.32. The molecule has 232 valence electrons. The van der Waals surface area contributed by atoms with Crippen molar-refractivity contribution in [1.82, 2.24) is 10.2 Å². The molecule has 0 unspecified atom stereocenters. The van der Waals surface area contributed by atoms with Crippen LogP contribution in [0.2, 0.25) is 0 Å². The highest BCUT2D eigenvalue weighted by Crippen LogP contribution is 2.33. The number of methoxy groups -OCH3 is 1. The molecule has 3 rings (SSSR count). The largest absolute Gasteiger partial charge is 0.497 e. The van der Waals surface area contributed by atoms with E-state index in [1.54, 1.807) is 62.6 Å². The van der Waals surface area contributed by atoms with E-state index in [4.69, 9.17) is 9.47 Å². The van der Waals surface area contributed by atoms with Gasteiger partial charge in [-0.25, -0.2) is 8.42 Å². The Hall–Kier alpha value is -4.05. The van der Waals surface area contributed by atoms with Gasteiger partial charge in [-0.3, -0.25) is 13.9 Å². The predicted molar refractivity (Wildman–Crippen MR) is 169 cm³/mol. The van der Waals surface area contributed by atoms with Crippen LogP contribution in [0.15, 0.2) is 77.7 Å². The summed E-state index contributed by atoms with van der Waals surface area (Å²) in [6.45, 7) is 9.21. The summed E-state index contributed by atoms with van der Waals surface area (Å²) in [6.07, 6.45) is 1.06. The number of para-hydroxylation sites is 2. The maximum absolute atomic E-state index is 14.3. The van der Waals surface area contributed by atoms with Crippen LogP contribution in [-0.4, -0.2) is 57.5 Å². The van der Waals surface area contributed by atoms with E-state index in [-0.39, 0.29) is 29.1 Å². The number of rotatable bonds is 15. The quantitative estimate of drug-likeness (QED) is 0.250. The molecule has 10 heteroatoms. The van der Waals surface area contributed by atoms with E-state index in [0.29, 0.717) is 24.5 Å². The average Bonchev–Trinajstić information content (AvgIpc) is 3.00. The van der Waals surface area contributed by atoms with Gasteiger partial charge in [0.2, 0.25) is 11.8 Å². The topological polar surface area (TPSA) is 105 Å². The van der Waals surface area contributed by atoms with Gasteiger partial charge in [-0.05, 0) is 75.6 Å². The molecule has 0 aliphatic carbocycles. The van der Waals surface area contributed by atoms with Gasteiger partial charge in [0.1, 0.15) is 24.1 Å². The molecule has 3 aromatic rings. The summed E-state index contributed by atoms with van der Waals surface area (Å²) in [6, 6.07) is 19.5. The number of carbonyl (C=O) groups excluding carboxylic acids is 2. The van der Waals surface area contributed by atoms with Crippen molar-refractivity contribution in [2.24, 2.45) is 0 Å². The Morgan fingerprint density at radius 1 is 0.930 bits per heavy atom. The average molecular weight is 610 g/mol. The van der Waals surface area contributed by atoms with Crippen LogP contribution in [0.3, 0.4) is 0 Å². The van der Waals surface area contributed by atoms with Crippen molar-refractivity contribution < 1.29 is 27.5 Å². The summed E-state index contributed by atoms with van der Waals surface area (Å²) >= 11 is 0. The van der Waals surface area contributed by atoms with Gasteiger partial charge in [-0.15, -0.1) is 0 Å². The molecule has 0 saturated carbocycles. The third-order valence-corrected chi connectivity index (χ3v) is 8.97. The van der Waals surface area contributed by atoms with Crippen molar-refractivity contribution in [2.45, 2.75) is 71.0 Å². The van der Waals surface area contributed by atoms with Gasteiger partial charge in [0.25, 0.3) is 10.0 Å². The summed E-state index contributed by atoms with van der Waals surface area (Å²) in [7, 11) is -2.66. The van der Waals surface area contributed by atoms with Crippen LogP contribution in [0.25, 0.3) is 0 Å². The lowest BCUT2D eigenvalue weighted by Gasteiger charge is -2.34. The molecular formula is C33H43N3O6S. The van der Waals surface area contributed by atoms with Gasteiger partial charge < -0.3 is 19.7 Å². The third kappa shape index (κ3) is 8.50. The van der Waals surface area contributed by atoms with Gasteiger partial charge in [-0.2, -0.15) is 0 Å². The summed E-state index contributed by atoms with van der Waals surface area (Å²) in [5.74, 6) is 0.109. The summed E-state index contributed by atoms with van der Waals surface area (Å²) in [4.78, 5) is 29.3. The van der Waals surface area contributed by atoms with Crippen molar-refractivity contribution in [2.75, 3.05) is 24.6 Å². The fraction of sp³-hybridized carbons (Fsp3) is 0.394. The third-order valence-electron chi connectivity index (χ3n) is 7.20. The lowest BCUT2D eigenvalue weighted by molar-refractivity contribution is -0.140. The van der Waals surface area contributed by atoms with Crippen molar-refractivity contribution >= 4 is 27.5 Å². The molecule has 0 aliphatic rings. The van der Waals surface area contributed by atoms with E-state index in [0.717, 1.165) is 21.9 Å². The second-order valence-electron chi connectivity index (χ2n) is 10.3. The number of anilines is 1. The molecule has 2 atom stereocenters. The molecule has 0 heterocycles. The number of hydrogen-bond acceptors (Lipinski definition) is 6. The van der Waals surface area contributed by atoms with Gasteiger partial charge in [0, 0.05) is 12.6 Å². The van der Waals surface area contributed by atoms with Crippen LogP contribution in [0, 0.1) is 6.92 Å². The molecule has 2 amide bonds. The highest BCUT2D eigenvalue weighted by molar-refractivity contribution is 7.92. The number of ether oxygens (including phenoxy) is 2. The summed E-state index contributed by atoms with van der Waals surface area (Å²) in [5, 5.41) is 2.99. The molecule has 3 aromatic carbocycles. The second kappa shape index (κ2) is 15.4. The van der Waals surface area contributed by atoms with E-state index in [1.165, 1.54) is 17.0 Å². The van der Waals surface area contributed by atoms with Crippen molar-refractivity contribution in [1.29, 1.82) is 0 Å². The number of nitrogens with one attached hydrogen (secondary N) is 1. The van der Waals surface area contributed by atoms with Crippen molar-refractivity contribution in [3.63, 3.8) is 0 Å². The normalized spacial score (nSPS) is 12.6. The van der Waals surface area contributed by atoms with E-state index < -0.39 is 28.5 Å². The van der Waals surface area contributed by atoms with Crippen LogP contribution in [0.4, 0.5) is 5.69 Å². The first-order chi connectivity index (χ1) is 20.5. The first-order valence-electron chi connectivity index (χ1n) is 14.6. The van der Waals surface area contributed by atoms with Gasteiger partial charge in [-0.1, -0.05) is 55.8 Å². The molecule has 0 bridgehead atoms. The number of carbonyl (C=O) groups is 2. The standard InChI is InChI=1S/C33H43N3O6S/c1-7-25(5)34-33(38)29(8-2)35(22-26-13-12-14-27(21-26)41-6)32(37)23-36(30-15-10-11-16-31(30)42-9-3)43(39,40)28-19-17-24(4)18-20-28/h10-21,25,29H,7-9,22-23H2,1-6H3,(H,34,38)/t25-,29+/m0/s1. The lowest BCUT2D eigenvalue weighted by Crippen LogP contribution is -2.53. The Morgan fingerprint density at radius 3 is 2.26 bits per heavy atom. The number of sulfonamides is 1. The van der Waals surface area contributed by atoms with Gasteiger partial charge in [0.05, 0.1) is 24.3 Å². The molecule has 0 fully saturated rings. The second-order valence-corrected chi connectivity index (χ2v) is 12.2. The van der Waals surface area contributed by atoms with Crippen LogP contribution in [0.1, 0.15) is 51.7 Å². The highest BCUT2D eigenvalue weighted by atomic mass is 32.2. The Labute approximate surface area is 255 Å². The fourth-order valence-electron chi connectivity index (χ4n) is 4.62. The molecule has 9 nitrogen and oxygen atoms in total. The van der Waals surface area contributed by atoms with Gasteiger partial charge in [0.15, 0.2) is 0 Å². The highest BCUT2D eigenvalue weighted by Gasteiger charge is 2.35. The SMILES string of the molecule is CCOc1ccccc1N(CC(=O)N(Cc1cccc(OC)c1)[C@H](CC)C(=O)N[C@@H](C)CC)S(=O)(=O)c1ccc(C)cc1. The molecule has 0 spiro atoms. The van der Waals surface area contributed by atoms with Crippen molar-refractivity contribution in [3.05, 3.63) is 83.9 Å².